The first-order valence-electron chi connectivity index (χ1n) is 4.27. The Kier molecular flexibility index (Phi) is 3.04. The summed E-state index contributed by atoms with van der Waals surface area (Å²) >= 11 is 1.18. The number of anilines is 1. The lowest BCUT2D eigenvalue weighted by atomic mass is 10.7. The van der Waals surface area contributed by atoms with E-state index in [0.29, 0.717) is 5.16 Å². The number of nitrogen functional groups attached to an aromatic ring is 1. The number of nitrogens with one attached hydrogen (secondary N) is 1. The minimum atomic E-state index is -2.59. The van der Waals surface area contributed by atoms with E-state index in [2.05, 4.69) is 20.2 Å². The Bertz CT molecular complexity index is 467. The molecule has 0 bridgehead atoms. The Morgan fingerprint density at radius 1 is 1.56 bits per heavy atom. The highest BCUT2D eigenvalue weighted by Crippen LogP contribution is 2.21. The molecule has 0 radical (unpaired) electrons. The van der Waals surface area contributed by atoms with E-state index in [1.54, 1.807) is 0 Å². The van der Waals surface area contributed by atoms with Crippen LogP contribution in [-0.2, 0) is 5.75 Å². The van der Waals surface area contributed by atoms with Crippen LogP contribution in [0.3, 0.4) is 0 Å². The van der Waals surface area contributed by atoms with Gasteiger partial charge in [0, 0.05) is 12.4 Å². The topological polar surface area (TPSA) is 85.4 Å². The van der Waals surface area contributed by atoms with Crippen LogP contribution in [0.25, 0.3) is 0 Å². The maximum Gasteiger partial charge on any atom is 0.319 e. The summed E-state index contributed by atoms with van der Waals surface area (Å²) in [6.45, 7) is -2.59. The van der Waals surface area contributed by atoms with Gasteiger partial charge in [-0.15, -0.1) is 5.10 Å². The van der Waals surface area contributed by atoms with E-state index >= 15 is 0 Å². The smallest absolute Gasteiger partial charge is 0.319 e. The van der Waals surface area contributed by atoms with Crippen LogP contribution in [0, 0.1) is 0 Å². The third-order valence-corrected chi connectivity index (χ3v) is 2.62. The van der Waals surface area contributed by atoms with E-state index in [9.17, 15) is 8.78 Å². The summed E-state index contributed by atoms with van der Waals surface area (Å²) in [5.74, 6) is 0.720. The Morgan fingerprint density at radius 3 is 3.00 bits per heavy atom. The summed E-state index contributed by atoms with van der Waals surface area (Å²) in [6.07, 6.45) is 2.56. The van der Waals surface area contributed by atoms with Gasteiger partial charge in [-0.1, -0.05) is 11.8 Å². The monoisotopic (exact) mass is 246 g/mol. The Morgan fingerprint density at radius 2 is 2.38 bits per heavy atom. The van der Waals surface area contributed by atoms with Crippen LogP contribution < -0.4 is 5.73 Å². The van der Waals surface area contributed by atoms with Crippen molar-refractivity contribution in [3.8, 4) is 0 Å². The van der Waals surface area contributed by atoms with Gasteiger partial charge in [0.2, 0.25) is 11.1 Å². The number of aromatic amines is 1. The van der Waals surface area contributed by atoms with Crippen molar-refractivity contribution in [2.75, 3.05) is 5.73 Å². The molecule has 0 aromatic carbocycles. The zero-order valence-corrected chi connectivity index (χ0v) is 8.79. The van der Waals surface area contributed by atoms with Gasteiger partial charge in [0.05, 0.1) is 5.75 Å². The van der Waals surface area contributed by atoms with E-state index in [1.807, 2.05) is 0 Å². The van der Waals surface area contributed by atoms with Crippen molar-refractivity contribution in [1.82, 2.24) is 24.7 Å². The molecule has 0 atom stereocenters. The highest BCUT2D eigenvalue weighted by atomic mass is 32.2. The number of halogens is 2. The molecule has 2 aromatic rings. The molecule has 6 nitrogen and oxygen atoms in total. The van der Waals surface area contributed by atoms with Crippen LogP contribution in [0.1, 0.15) is 12.4 Å². The molecule has 16 heavy (non-hydrogen) atoms. The summed E-state index contributed by atoms with van der Waals surface area (Å²) in [5.41, 5.74) is 5.32. The quantitative estimate of drug-likeness (QED) is 0.793. The molecule has 86 valence electrons. The van der Waals surface area contributed by atoms with Crippen LogP contribution in [-0.4, -0.2) is 24.7 Å². The Hall–Kier alpha value is -1.64. The SMILES string of the molecule is Nc1nc(SCc2nccn2C(F)F)n[nH]1. The summed E-state index contributed by atoms with van der Waals surface area (Å²) in [4.78, 5) is 7.66. The van der Waals surface area contributed by atoms with E-state index in [-0.39, 0.29) is 17.5 Å². The number of alkyl halides is 2. The lowest BCUT2D eigenvalue weighted by Crippen LogP contribution is -2.02. The zero-order chi connectivity index (χ0) is 11.5. The number of nitrogens with zero attached hydrogens (tertiary/aromatic N) is 4. The molecule has 3 N–H and O–H groups in total. The molecule has 0 saturated heterocycles. The fraction of sp³-hybridized carbons (Fsp3) is 0.286. The molecule has 0 aliphatic heterocycles. The number of rotatable bonds is 4. The third-order valence-electron chi connectivity index (χ3n) is 1.77. The number of aromatic nitrogens is 5. The maximum atomic E-state index is 12.4. The normalized spacial score (nSPS) is 11.2. The molecule has 0 unspecified atom stereocenters. The number of nitrogens with two attached hydrogens (primary N) is 1. The van der Waals surface area contributed by atoms with Crippen LogP contribution in [0.4, 0.5) is 14.7 Å². The molecule has 9 heteroatoms. The van der Waals surface area contributed by atoms with Crippen molar-refractivity contribution in [2.45, 2.75) is 17.5 Å². The molecule has 2 rings (SSSR count). The molecule has 0 aliphatic carbocycles. The average Bonchev–Trinajstić information content (AvgIpc) is 2.83. The Labute approximate surface area is 93.3 Å². The van der Waals surface area contributed by atoms with Gasteiger partial charge in [-0.05, 0) is 0 Å². The van der Waals surface area contributed by atoms with Crippen LogP contribution >= 0.6 is 11.8 Å². The molecule has 0 spiro atoms. The number of hydrogen-bond donors (Lipinski definition) is 2. The predicted octanol–water partition coefficient (Wildman–Crippen LogP) is 1.27. The number of imidazole rings is 1. The van der Waals surface area contributed by atoms with Crippen molar-refractivity contribution in [3.63, 3.8) is 0 Å². The standard InChI is InChI=1S/C7H8F2N6S/c8-5(9)15-2-1-11-4(15)3-16-7-12-6(10)13-14-7/h1-2,5H,3H2,(H3,10,12,13,14). The van der Waals surface area contributed by atoms with Crippen molar-refractivity contribution >= 4 is 17.7 Å². The van der Waals surface area contributed by atoms with E-state index < -0.39 is 6.55 Å². The molecule has 0 aliphatic rings. The fourth-order valence-corrected chi connectivity index (χ4v) is 1.84. The van der Waals surface area contributed by atoms with Gasteiger partial charge in [-0.25, -0.2) is 10.1 Å². The molecule has 2 heterocycles. The van der Waals surface area contributed by atoms with Gasteiger partial charge in [0.1, 0.15) is 5.82 Å². The molecule has 0 saturated carbocycles. The molecule has 0 amide bonds. The zero-order valence-electron chi connectivity index (χ0n) is 7.97. The lowest BCUT2D eigenvalue weighted by molar-refractivity contribution is 0.0678. The van der Waals surface area contributed by atoms with Gasteiger partial charge < -0.3 is 5.73 Å². The molecular formula is C7H8F2N6S. The predicted molar refractivity (Wildman–Crippen MR) is 53.8 cm³/mol. The fourth-order valence-electron chi connectivity index (χ4n) is 1.09. The van der Waals surface area contributed by atoms with Crippen LogP contribution in [0.5, 0.6) is 0 Å². The Balaban J connectivity index is 2.02. The second-order valence-electron chi connectivity index (χ2n) is 2.82. The first-order chi connectivity index (χ1) is 7.66. The highest BCUT2D eigenvalue weighted by Gasteiger charge is 2.12. The lowest BCUT2D eigenvalue weighted by Gasteiger charge is -2.04. The maximum absolute atomic E-state index is 12.4. The van der Waals surface area contributed by atoms with Crippen molar-refractivity contribution in [2.24, 2.45) is 0 Å². The first kappa shape index (κ1) is 10.9. The van der Waals surface area contributed by atoms with E-state index in [4.69, 9.17) is 5.73 Å². The largest absolute Gasteiger partial charge is 0.368 e. The molecular weight excluding hydrogens is 238 g/mol. The van der Waals surface area contributed by atoms with Crippen molar-refractivity contribution < 1.29 is 8.78 Å². The van der Waals surface area contributed by atoms with Crippen molar-refractivity contribution in [3.05, 3.63) is 18.2 Å². The van der Waals surface area contributed by atoms with E-state index in [0.717, 1.165) is 4.57 Å². The molecule has 0 fully saturated rings. The molecule has 2 aromatic heterocycles. The first-order valence-corrected chi connectivity index (χ1v) is 5.26. The van der Waals surface area contributed by atoms with Crippen molar-refractivity contribution in [1.29, 1.82) is 0 Å². The van der Waals surface area contributed by atoms with Gasteiger partial charge in [0.15, 0.2) is 0 Å². The summed E-state index contributed by atoms with van der Waals surface area (Å²) in [5, 5.41) is 6.63. The number of thioether (sulfide) groups is 1. The second kappa shape index (κ2) is 4.47. The minimum Gasteiger partial charge on any atom is -0.368 e. The van der Waals surface area contributed by atoms with Gasteiger partial charge in [-0.3, -0.25) is 4.57 Å². The minimum absolute atomic E-state index is 0.194. The second-order valence-corrected chi connectivity index (χ2v) is 3.76. The number of H-pyrrole nitrogens is 1. The van der Waals surface area contributed by atoms with Crippen LogP contribution in [0.2, 0.25) is 0 Å². The van der Waals surface area contributed by atoms with Gasteiger partial charge >= 0.3 is 6.55 Å². The summed E-state index contributed by atoms with van der Waals surface area (Å²) < 4.78 is 25.7. The summed E-state index contributed by atoms with van der Waals surface area (Å²) in [7, 11) is 0. The third kappa shape index (κ3) is 2.30. The van der Waals surface area contributed by atoms with Gasteiger partial charge in [-0.2, -0.15) is 13.8 Å². The highest BCUT2D eigenvalue weighted by molar-refractivity contribution is 7.98. The van der Waals surface area contributed by atoms with Gasteiger partial charge in [0.25, 0.3) is 0 Å². The van der Waals surface area contributed by atoms with E-state index in [1.165, 1.54) is 24.2 Å². The number of hydrogen-bond acceptors (Lipinski definition) is 5. The summed E-state index contributed by atoms with van der Waals surface area (Å²) in [6, 6.07) is 0. The average molecular weight is 246 g/mol. The van der Waals surface area contributed by atoms with Crippen LogP contribution in [0.15, 0.2) is 17.6 Å².